The second-order valence-electron chi connectivity index (χ2n) is 4.81. The average Bonchev–Trinajstić information content (AvgIpc) is 3.05. The molecule has 1 aliphatic heterocycles. The average molecular weight is 324 g/mol. The normalized spacial score (nSPS) is 21.6. The molecule has 2 heterocycles. The van der Waals surface area contributed by atoms with E-state index in [1.165, 1.54) is 11.8 Å². The molecule has 0 spiro atoms. The van der Waals surface area contributed by atoms with Gasteiger partial charge in [0.2, 0.25) is 0 Å². The standard InChI is InChI=1S/C14H14ClN3O2S/c1-8-11(13-16-10(7-21-13)14(19)20)12(15)18(17-8)9-5-3-2-4-6-9/h2-6,10,13,16H,7H2,1H3,(H,19,20). The van der Waals surface area contributed by atoms with Crippen molar-refractivity contribution in [1.29, 1.82) is 0 Å². The molecule has 1 aromatic carbocycles. The van der Waals surface area contributed by atoms with Crippen molar-refractivity contribution in [3.63, 3.8) is 0 Å². The van der Waals surface area contributed by atoms with E-state index in [4.69, 9.17) is 16.7 Å². The molecule has 0 bridgehead atoms. The Hall–Kier alpha value is -1.50. The summed E-state index contributed by atoms with van der Waals surface area (Å²) in [7, 11) is 0. The molecule has 7 heteroatoms. The van der Waals surface area contributed by atoms with E-state index in [2.05, 4.69) is 10.4 Å². The first kappa shape index (κ1) is 14.4. The number of para-hydroxylation sites is 1. The smallest absolute Gasteiger partial charge is 0.321 e. The predicted octanol–water partition coefficient (Wildman–Crippen LogP) is 2.62. The maximum absolute atomic E-state index is 11.0. The Kier molecular flexibility index (Phi) is 3.93. The number of aryl methyl sites for hydroxylation is 1. The number of hydrogen-bond donors (Lipinski definition) is 2. The number of carboxylic acids is 1. The first-order chi connectivity index (χ1) is 10.1. The van der Waals surface area contributed by atoms with Gasteiger partial charge in [0.25, 0.3) is 0 Å². The van der Waals surface area contributed by atoms with Crippen molar-refractivity contribution in [3.8, 4) is 5.69 Å². The van der Waals surface area contributed by atoms with Gasteiger partial charge in [-0.1, -0.05) is 29.8 Å². The predicted molar refractivity (Wildman–Crippen MR) is 83.1 cm³/mol. The van der Waals surface area contributed by atoms with Gasteiger partial charge in [-0.15, -0.1) is 11.8 Å². The van der Waals surface area contributed by atoms with Crippen LogP contribution in [0.2, 0.25) is 5.15 Å². The minimum absolute atomic E-state index is 0.143. The van der Waals surface area contributed by atoms with Crippen molar-refractivity contribution in [2.24, 2.45) is 0 Å². The zero-order valence-electron chi connectivity index (χ0n) is 11.3. The first-order valence-corrected chi connectivity index (χ1v) is 7.91. The van der Waals surface area contributed by atoms with Gasteiger partial charge in [0.1, 0.15) is 11.2 Å². The number of halogens is 1. The van der Waals surface area contributed by atoms with Crippen molar-refractivity contribution >= 4 is 29.3 Å². The van der Waals surface area contributed by atoms with Crippen LogP contribution in [0.5, 0.6) is 0 Å². The molecule has 2 N–H and O–H groups in total. The number of carbonyl (C=O) groups is 1. The monoisotopic (exact) mass is 323 g/mol. The van der Waals surface area contributed by atoms with Crippen molar-refractivity contribution < 1.29 is 9.90 Å². The Morgan fingerprint density at radius 3 is 2.81 bits per heavy atom. The van der Waals surface area contributed by atoms with Gasteiger partial charge in [-0.2, -0.15) is 5.10 Å². The number of hydrogen-bond acceptors (Lipinski definition) is 4. The van der Waals surface area contributed by atoms with Crippen LogP contribution in [0.15, 0.2) is 30.3 Å². The Labute approximate surface area is 131 Å². The summed E-state index contributed by atoms with van der Waals surface area (Å²) < 4.78 is 1.68. The van der Waals surface area contributed by atoms with Crippen molar-refractivity contribution in [2.75, 3.05) is 5.75 Å². The van der Waals surface area contributed by atoms with Crippen LogP contribution in [0, 0.1) is 6.92 Å². The zero-order valence-corrected chi connectivity index (χ0v) is 12.9. The van der Waals surface area contributed by atoms with Gasteiger partial charge in [0.15, 0.2) is 0 Å². The number of nitrogens with zero attached hydrogens (tertiary/aromatic N) is 2. The minimum atomic E-state index is -0.839. The number of benzene rings is 1. The molecule has 0 saturated carbocycles. The van der Waals surface area contributed by atoms with Crippen LogP contribution in [0.3, 0.4) is 0 Å². The Bertz CT molecular complexity index is 674. The molecule has 110 valence electrons. The summed E-state index contributed by atoms with van der Waals surface area (Å²) in [6, 6.07) is 9.09. The van der Waals surface area contributed by atoms with Gasteiger partial charge >= 0.3 is 5.97 Å². The molecular formula is C14H14ClN3O2S. The fraction of sp³-hybridized carbons (Fsp3) is 0.286. The highest BCUT2D eigenvalue weighted by Gasteiger charge is 2.34. The van der Waals surface area contributed by atoms with Crippen LogP contribution in [-0.4, -0.2) is 32.7 Å². The molecule has 0 aliphatic carbocycles. The van der Waals surface area contributed by atoms with E-state index in [0.29, 0.717) is 10.9 Å². The topological polar surface area (TPSA) is 67.2 Å². The van der Waals surface area contributed by atoms with Crippen LogP contribution in [0.25, 0.3) is 5.69 Å². The third kappa shape index (κ3) is 2.66. The summed E-state index contributed by atoms with van der Waals surface area (Å²) >= 11 is 8.01. The van der Waals surface area contributed by atoms with Gasteiger partial charge in [0.05, 0.1) is 16.8 Å². The molecule has 3 rings (SSSR count). The zero-order chi connectivity index (χ0) is 15.0. The molecule has 2 unspecified atom stereocenters. The van der Waals surface area contributed by atoms with E-state index in [9.17, 15) is 4.79 Å². The first-order valence-electron chi connectivity index (χ1n) is 6.49. The van der Waals surface area contributed by atoms with Gasteiger partial charge in [-0.3, -0.25) is 10.1 Å². The summed E-state index contributed by atoms with van der Waals surface area (Å²) in [6.07, 6.45) is 0. The number of aromatic nitrogens is 2. The largest absolute Gasteiger partial charge is 0.480 e. The highest BCUT2D eigenvalue weighted by molar-refractivity contribution is 7.99. The maximum atomic E-state index is 11.0. The Morgan fingerprint density at radius 1 is 1.48 bits per heavy atom. The third-order valence-corrected chi connectivity index (χ3v) is 4.99. The fourth-order valence-electron chi connectivity index (χ4n) is 2.33. The van der Waals surface area contributed by atoms with E-state index in [-0.39, 0.29) is 5.37 Å². The molecular weight excluding hydrogens is 310 g/mol. The highest BCUT2D eigenvalue weighted by atomic mass is 35.5. The van der Waals surface area contributed by atoms with E-state index in [0.717, 1.165) is 16.9 Å². The Balaban J connectivity index is 1.95. The van der Waals surface area contributed by atoms with Crippen LogP contribution in [0.4, 0.5) is 0 Å². The van der Waals surface area contributed by atoms with E-state index in [1.54, 1.807) is 4.68 Å². The quantitative estimate of drug-likeness (QED) is 0.909. The van der Waals surface area contributed by atoms with Gasteiger partial charge in [-0.25, -0.2) is 4.68 Å². The summed E-state index contributed by atoms with van der Waals surface area (Å²) in [5.74, 6) is -0.319. The van der Waals surface area contributed by atoms with E-state index in [1.807, 2.05) is 37.3 Å². The van der Waals surface area contributed by atoms with Crippen molar-refractivity contribution in [1.82, 2.24) is 15.1 Å². The lowest BCUT2D eigenvalue weighted by molar-refractivity contribution is -0.138. The molecule has 1 fully saturated rings. The lowest BCUT2D eigenvalue weighted by Gasteiger charge is -2.11. The van der Waals surface area contributed by atoms with Crippen molar-refractivity contribution in [2.45, 2.75) is 18.3 Å². The second kappa shape index (κ2) is 5.71. The minimum Gasteiger partial charge on any atom is -0.480 e. The lowest BCUT2D eigenvalue weighted by atomic mass is 10.2. The van der Waals surface area contributed by atoms with Gasteiger partial charge in [0, 0.05) is 11.3 Å². The molecule has 0 radical (unpaired) electrons. The fourth-order valence-corrected chi connectivity index (χ4v) is 4.11. The second-order valence-corrected chi connectivity index (χ2v) is 6.30. The lowest BCUT2D eigenvalue weighted by Crippen LogP contribution is -2.33. The maximum Gasteiger partial charge on any atom is 0.321 e. The molecule has 1 aliphatic rings. The molecule has 1 saturated heterocycles. The van der Waals surface area contributed by atoms with Crippen LogP contribution in [0.1, 0.15) is 16.6 Å². The summed E-state index contributed by atoms with van der Waals surface area (Å²) in [4.78, 5) is 11.0. The third-order valence-electron chi connectivity index (χ3n) is 3.39. The SMILES string of the molecule is Cc1nn(-c2ccccc2)c(Cl)c1C1NC(C(=O)O)CS1. The number of carboxylic acid groups (broad SMARTS) is 1. The number of nitrogens with one attached hydrogen (secondary N) is 1. The summed E-state index contributed by atoms with van der Waals surface area (Å²) in [6.45, 7) is 1.89. The van der Waals surface area contributed by atoms with Crippen molar-refractivity contribution in [3.05, 3.63) is 46.7 Å². The summed E-state index contributed by atoms with van der Waals surface area (Å²) in [5.41, 5.74) is 2.55. The van der Waals surface area contributed by atoms with Gasteiger partial charge < -0.3 is 5.11 Å². The molecule has 2 atom stereocenters. The molecule has 0 amide bonds. The molecule has 2 aromatic rings. The van der Waals surface area contributed by atoms with Gasteiger partial charge in [-0.05, 0) is 19.1 Å². The molecule has 1 aromatic heterocycles. The molecule has 21 heavy (non-hydrogen) atoms. The number of rotatable bonds is 3. The van der Waals surface area contributed by atoms with Crippen LogP contribution in [-0.2, 0) is 4.79 Å². The highest BCUT2D eigenvalue weighted by Crippen LogP contribution is 2.39. The van der Waals surface area contributed by atoms with Crippen LogP contribution < -0.4 is 5.32 Å². The number of thioether (sulfide) groups is 1. The summed E-state index contributed by atoms with van der Waals surface area (Å²) in [5, 5.41) is 17.0. The molecule has 5 nitrogen and oxygen atoms in total. The van der Waals surface area contributed by atoms with E-state index >= 15 is 0 Å². The van der Waals surface area contributed by atoms with Crippen LogP contribution >= 0.6 is 23.4 Å². The van der Waals surface area contributed by atoms with E-state index < -0.39 is 12.0 Å². The Morgan fingerprint density at radius 2 is 2.19 bits per heavy atom. The number of aliphatic carboxylic acids is 1.